The Morgan fingerprint density at radius 3 is 2.46 bits per heavy atom. The summed E-state index contributed by atoms with van der Waals surface area (Å²) in [5.41, 5.74) is 7.38. The van der Waals surface area contributed by atoms with Crippen molar-refractivity contribution in [3.8, 4) is 28.1 Å². The number of hydrogen-bond donors (Lipinski definition) is 1. The summed E-state index contributed by atoms with van der Waals surface area (Å²) in [5, 5.41) is 7.34. The second-order valence-corrected chi connectivity index (χ2v) is 6.79. The Bertz CT molecular complexity index is 1040. The molecule has 0 saturated heterocycles. The van der Waals surface area contributed by atoms with Crippen LogP contribution in [0.1, 0.15) is 25.2 Å². The molecule has 0 aliphatic heterocycles. The highest BCUT2D eigenvalue weighted by Gasteiger charge is 2.14. The van der Waals surface area contributed by atoms with Gasteiger partial charge in [0.25, 0.3) is 0 Å². The zero-order valence-electron chi connectivity index (χ0n) is 15.4. The minimum atomic E-state index is 0.176. The molecule has 1 aromatic carbocycles. The van der Waals surface area contributed by atoms with Crippen molar-refractivity contribution in [2.45, 2.75) is 33.8 Å². The molecule has 4 aromatic rings. The van der Waals surface area contributed by atoms with Crippen molar-refractivity contribution in [3.05, 3.63) is 60.2 Å². The monoisotopic (exact) mass is 346 g/mol. The van der Waals surface area contributed by atoms with E-state index in [4.69, 9.17) is 4.74 Å². The molecule has 26 heavy (non-hydrogen) atoms. The maximum atomic E-state index is 5.72. The van der Waals surface area contributed by atoms with Gasteiger partial charge in [-0.3, -0.25) is 9.50 Å². The Balaban J connectivity index is 1.71. The lowest BCUT2D eigenvalue weighted by atomic mass is 10.1. The number of nitrogens with zero attached hydrogens (tertiary/aromatic N) is 3. The molecular formula is C21H22N4O. The van der Waals surface area contributed by atoms with Crippen LogP contribution in [0, 0.1) is 13.8 Å². The number of aryl methyl sites for hydroxylation is 2. The fourth-order valence-electron chi connectivity index (χ4n) is 3.27. The maximum Gasteiger partial charge on any atom is 0.137 e. The first-order valence-electron chi connectivity index (χ1n) is 8.79. The van der Waals surface area contributed by atoms with E-state index < -0.39 is 0 Å². The summed E-state index contributed by atoms with van der Waals surface area (Å²) < 4.78 is 7.82. The molecule has 1 N–H and O–H groups in total. The Morgan fingerprint density at radius 1 is 1.04 bits per heavy atom. The van der Waals surface area contributed by atoms with Gasteiger partial charge >= 0.3 is 0 Å². The molecule has 0 aliphatic rings. The van der Waals surface area contributed by atoms with Crippen LogP contribution < -0.4 is 4.74 Å². The van der Waals surface area contributed by atoms with E-state index in [-0.39, 0.29) is 6.10 Å². The van der Waals surface area contributed by atoms with Gasteiger partial charge in [0, 0.05) is 17.5 Å². The second-order valence-electron chi connectivity index (χ2n) is 6.79. The first-order valence-corrected chi connectivity index (χ1v) is 8.79. The van der Waals surface area contributed by atoms with Crippen molar-refractivity contribution < 1.29 is 4.74 Å². The van der Waals surface area contributed by atoms with Crippen LogP contribution in [0.5, 0.6) is 5.75 Å². The summed E-state index contributed by atoms with van der Waals surface area (Å²) in [4.78, 5) is 4.60. The van der Waals surface area contributed by atoms with Crippen LogP contribution in [0.15, 0.2) is 48.8 Å². The van der Waals surface area contributed by atoms with Gasteiger partial charge < -0.3 is 4.74 Å². The van der Waals surface area contributed by atoms with Crippen molar-refractivity contribution in [3.63, 3.8) is 0 Å². The van der Waals surface area contributed by atoms with E-state index >= 15 is 0 Å². The van der Waals surface area contributed by atoms with Crippen molar-refractivity contribution >= 4 is 5.65 Å². The van der Waals surface area contributed by atoms with Crippen LogP contribution in [0.3, 0.4) is 0 Å². The maximum absolute atomic E-state index is 5.72. The molecule has 0 unspecified atom stereocenters. The molecule has 3 heterocycles. The Hall–Kier alpha value is -3.08. The smallest absolute Gasteiger partial charge is 0.137 e. The van der Waals surface area contributed by atoms with Crippen molar-refractivity contribution in [2.24, 2.45) is 0 Å². The number of imidazole rings is 1. The Kier molecular flexibility index (Phi) is 3.99. The standard InChI is InChI=1S/C21H22N4O/c1-13(2)26-18-7-5-16(6-8-18)17-9-10-25-19(12-22-20(25)11-17)21-14(3)23-24-15(21)4/h5-13H,1-4H3,(H,23,24). The molecule has 0 saturated carbocycles. The summed E-state index contributed by atoms with van der Waals surface area (Å²) in [6.45, 7) is 8.10. The molecule has 0 spiro atoms. The first-order chi connectivity index (χ1) is 12.5. The van der Waals surface area contributed by atoms with Gasteiger partial charge in [0.2, 0.25) is 0 Å². The molecule has 3 aromatic heterocycles. The van der Waals surface area contributed by atoms with Gasteiger partial charge in [0.1, 0.15) is 11.4 Å². The van der Waals surface area contributed by atoms with Gasteiger partial charge in [-0.1, -0.05) is 12.1 Å². The third kappa shape index (κ3) is 2.86. The number of benzene rings is 1. The van der Waals surface area contributed by atoms with Gasteiger partial charge in [0.15, 0.2) is 0 Å². The average Bonchev–Trinajstić information content (AvgIpc) is 3.17. The number of fused-ring (bicyclic) bond motifs is 1. The van der Waals surface area contributed by atoms with E-state index in [1.165, 1.54) is 0 Å². The second kappa shape index (κ2) is 6.33. The number of H-pyrrole nitrogens is 1. The molecule has 132 valence electrons. The van der Waals surface area contributed by atoms with E-state index in [1.54, 1.807) is 0 Å². The van der Waals surface area contributed by atoms with E-state index in [2.05, 4.69) is 50.0 Å². The molecule has 5 heteroatoms. The number of pyridine rings is 1. The number of nitrogens with one attached hydrogen (secondary N) is 1. The molecular weight excluding hydrogens is 324 g/mol. The molecule has 0 fully saturated rings. The summed E-state index contributed by atoms with van der Waals surface area (Å²) in [7, 11) is 0. The van der Waals surface area contributed by atoms with Gasteiger partial charge in [-0.05, 0) is 63.1 Å². The highest BCUT2D eigenvalue weighted by molar-refractivity contribution is 5.72. The van der Waals surface area contributed by atoms with E-state index in [0.717, 1.165) is 45.2 Å². The van der Waals surface area contributed by atoms with Crippen LogP contribution in [0.25, 0.3) is 28.0 Å². The largest absolute Gasteiger partial charge is 0.491 e. The summed E-state index contributed by atoms with van der Waals surface area (Å²) in [6.07, 6.45) is 4.15. The highest BCUT2D eigenvalue weighted by Crippen LogP contribution is 2.29. The van der Waals surface area contributed by atoms with Gasteiger partial charge in [-0.2, -0.15) is 5.10 Å². The predicted octanol–water partition coefficient (Wildman–Crippen LogP) is 4.80. The lowest BCUT2D eigenvalue weighted by molar-refractivity contribution is 0.242. The highest BCUT2D eigenvalue weighted by atomic mass is 16.5. The molecule has 0 aliphatic carbocycles. The van der Waals surface area contributed by atoms with Gasteiger partial charge in [-0.25, -0.2) is 4.98 Å². The predicted molar refractivity (Wildman–Crippen MR) is 103 cm³/mol. The summed E-state index contributed by atoms with van der Waals surface area (Å²) in [6, 6.07) is 12.4. The molecule has 5 nitrogen and oxygen atoms in total. The molecule has 0 radical (unpaired) electrons. The lowest BCUT2D eigenvalue weighted by Gasteiger charge is -2.10. The average molecular weight is 346 g/mol. The zero-order chi connectivity index (χ0) is 18.3. The topological polar surface area (TPSA) is 55.2 Å². The van der Waals surface area contributed by atoms with Crippen LogP contribution in [0.4, 0.5) is 0 Å². The van der Waals surface area contributed by atoms with Crippen LogP contribution in [-0.2, 0) is 0 Å². The fourth-order valence-corrected chi connectivity index (χ4v) is 3.27. The molecule has 4 rings (SSSR count). The number of aromatic amines is 1. The zero-order valence-corrected chi connectivity index (χ0v) is 15.4. The van der Waals surface area contributed by atoms with Crippen molar-refractivity contribution in [2.75, 3.05) is 0 Å². The van der Waals surface area contributed by atoms with E-state index in [9.17, 15) is 0 Å². The normalized spacial score (nSPS) is 11.4. The number of aromatic nitrogens is 4. The fraction of sp³-hybridized carbons (Fsp3) is 0.238. The first kappa shape index (κ1) is 16.4. The van der Waals surface area contributed by atoms with Crippen LogP contribution >= 0.6 is 0 Å². The molecule has 0 amide bonds. The Morgan fingerprint density at radius 2 is 1.81 bits per heavy atom. The van der Waals surface area contributed by atoms with E-state index in [0.29, 0.717) is 0 Å². The quantitative estimate of drug-likeness (QED) is 0.578. The Labute approximate surface area is 152 Å². The minimum Gasteiger partial charge on any atom is -0.491 e. The molecule has 0 atom stereocenters. The van der Waals surface area contributed by atoms with Crippen molar-refractivity contribution in [1.29, 1.82) is 0 Å². The number of ether oxygens (including phenoxy) is 1. The minimum absolute atomic E-state index is 0.176. The summed E-state index contributed by atoms with van der Waals surface area (Å²) in [5.74, 6) is 0.888. The number of hydrogen-bond acceptors (Lipinski definition) is 3. The van der Waals surface area contributed by atoms with Crippen molar-refractivity contribution in [1.82, 2.24) is 19.6 Å². The van der Waals surface area contributed by atoms with Gasteiger partial charge in [0.05, 0.1) is 23.7 Å². The number of rotatable bonds is 4. The van der Waals surface area contributed by atoms with E-state index in [1.807, 2.05) is 46.0 Å². The van der Waals surface area contributed by atoms with Crippen LogP contribution in [-0.4, -0.2) is 25.7 Å². The third-order valence-corrected chi connectivity index (χ3v) is 4.46. The lowest BCUT2D eigenvalue weighted by Crippen LogP contribution is -2.05. The van der Waals surface area contributed by atoms with Crippen LogP contribution in [0.2, 0.25) is 0 Å². The van der Waals surface area contributed by atoms with Gasteiger partial charge in [-0.15, -0.1) is 0 Å². The SMILES string of the molecule is Cc1n[nH]c(C)c1-c1cnc2cc(-c3ccc(OC(C)C)cc3)ccn12. The summed E-state index contributed by atoms with van der Waals surface area (Å²) >= 11 is 0. The third-order valence-electron chi connectivity index (χ3n) is 4.46. The molecule has 0 bridgehead atoms.